The number of isocyanates is 1. The van der Waals surface area contributed by atoms with Crippen LogP contribution in [0.1, 0.15) is 62.0 Å². The summed E-state index contributed by atoms with van der Waals surface area (Å²) < 4.78 is 0. The van der Waals surface area contributed by atoms with Crippen molar-refractivity contribution >= 4 is 6.08 Å². The monoisotopic (exact) mass is 298 g/mol. The Labute approximate surface area is 133 Å². The molecule has 1 saturated heterocycles. The van der Waals surface area contributed by atoms with E-state index in [0.29, 0.717) is 5.92 Å². The second-order valence-electron chi connectivity index (χ2n) is 6.96. The van der Waals surface area contributed by atoms with Crippen LogP contribution in [0.3, 0.4) is 0 Å². The molecule has 0 radical (unpaired) electrons. The van der Waals surface area contributed by atoms with Crippen molar-refractivity contribution < 1.29 is 4.79 Å². The SMILES string of the molecule is CN1CCCC(c2ccccc2C2(N=C=O)CCCC2)CC1. The molecule has 1 aromatic rings. The molecule has 3 rings (SSSR count). The third-order valence-electron chi connectivity index (χ3n) is 5.54. The molecular weight excluding hydrogens is 272 g/mol. The topological polar surface area (TPSA) is 32.7 Å². The van der Waals surface area contributed by atoms with Crippen LogP contribution in [-0.4, -0.2) is 31.1 Å². The molecule has 1 unspecified atom stereocenters. The molecule has 0 bridgehead atoms. The lowest BCUT2D eigenvalue weighted by molar-refractivity contribution is 0.347. The summed E-state index contributed by atoms with van der Waals surface area (Å²) in [5, 5.41) is 0. The van der Waals surface area contributed by atoms with Crippen LogP contribution in [0, 0.1) is 0 Å². The third kappa shape index (κ3) is 3.02. The van der Waals surface area contributed by atoms with Gasteiger partial charge in [0.2, 0.25) is 6.08 Å². The van der Waals surface area contributed by atoms with Crippen LogP contribution in [0.15, 0.2) is 29.3 Å². The minimum atomic E-state index is -0.295. The van der Waals surface area contributed by atoms with E-state index in [9.17, 15) is 4.79 Å². The van der Waals surface area contributed by atoms with Gasteiger partial charge in [0.25, 0.3) is 0 Å². The Morgan fingerprint density at radius 2 is 1.91 bits per heavy atom. The van der Waals surface area contributed by atoms with Crippen LogP contribution in [0.5, 0.6) is 0 Å². The smallest absolute Gasteiger partial charge is 0.235 e. The fourth-order valence-corrected chi connectivity index (χ4v) is 4.32. The number of carbonyl (C=O) groups excluding carboxylic acids is 1. The molecule has 3 heteroatoms. The number of hydrogen-bond acceptors (Lipinski definition) is 3. The molecule has 3 nitrogen and oxygen atoms in total. The molecule has 0 spiro atoms. The fraction of sp³-hybridized carbons (Fsp3) is 0.632. The molecule has 1 aliphatic heterocycles. The number of benzene rings is 1. The van der Waals surface area contributed by atoms with Gasteiger partial charge in [-0.2, -0.15) is 4.99 Å². The van der Waals surface area contributed by atoms with Crippen LogP contribution in [-0.2, 0) is 10.3 Å². The number of aliphatic imine (C=N–C) groups is 1. The zero-order valence-corrected chi connectivity index (χ0v) is 13.6. The predicted octanol–water partition coefficient (Wildman–Crippen LogP) is 3.99. The van der Waals surface area contributed by atoms with Gasteiger partial charge in [-0.1, -0.05) is 37.1 Å². The Morgan fingerprint density at radius 3 is 2.68 bits per heavy atom. The van der Waals surface area contributed by atoms with Gasteiger partial charge in [0.05, 0.1) is 5.54 Å². The van der Waals surface area contributed by atoms with Gasteiger partial charge in [0.1, 0.15) is 0 Å². The Kier molecular flexibility index (Phi) is 4.75. The normalized spacial score (nSPS) is 25.4. The van der Waals surface area contributed by atoms with Gasteiger partial charge in [0.15, 0.2) is 0 Å². The molecule has 22 heavy (non-hydrogen) atoms. The number of nitrogens with zero attached hydrogens (tertiary/aromatic N) is 2. The van der Waals surface area contributed by atoms with Crippen molar-refractivity contribution in [3.8, 4) is 0 Å². The lowest BCUT2D eigenvalue weighted by Gasteiger charge is -2.29. The van der Waals surface area contributed by atoms with Crippen LogP contribution in [0.25, 0.3) is 0 Å². The highest BCUT2D eigenvalue weighted by Gasteiger charge is 2.38. The van der Waals surface area contributed by atoms with Crippen LogP contribution in [0.4, 0.5) is 0 Å². The zero-order chi connectivity index (χ0) is 15.4. The van der Waals surface area contributed by atoms with E-state index in [0.717, 1.165) is 32.2 Å². The Balaban J connectivity index is 1.97. The standard InChI is InChI=1S/C19H26N2O/c1-21-13-6-7-16(10-14-21)17-8-2-3-9-18(17)19(20-15-22)11-4-5-12-19/h2-3,8-9,16H,4-7,10-14H2,1H3. The number of hydrogen-bond donors (Lipinski definition) is 0. The van der Waals surface area contributed by atoms with E-state index in [2.05, 4.69) is 41.2 Å². The molecule has 0 amide bonds. The lowest BCUT2D eigenvalue weighted by Crippen LogP contribution is -2.22. The highest BCUT2D eigenvalue weighted by atomic mass is 16.1. The van der Waals surface area contributed by atoms with Crippen LogP contribution in [0.2, 0.25) is 0 Å². The Morgan fingerprint density at radius 1 is 1.14 bits per heavy atom. The summed E-state index contributed by atoms with van der Waals surface area (Å²) in [6, 6.07) is 8.71. The average Bonchev–Trinajstić information content (AvgIpc) is 2.90. The maximum Gasteiger partial charge on any atom is 0.235 e. The first-order chi connectivity index (χ1) is 10.7. The first-order valence-corrected chi connectivity index (χ1v) is 8.62. The Bertz CT molecular complexity index is 556. The van der Waals surface area contributed by atoms with Gasteiger partial charge < -0.3 is 4.90 Å². The molecule has 118 valence electrons. The van der Waals surface area contributed by atoms with Crippen LogP contribution < -0.4 is 0 Å². The maximum atomic E-state index is 11.0. The van der Waals surface area contributed by atoms with Crippen molar-refractivity contribution in [3.63, 3.8) is 0 Å². The number of rotatable bonds is 3. The van der Waals surface area contributed by atoms with Crippen molar-refractivity contribution in [1.29, 1.82) is 0 Å². The van der Waals surface area contributed by atoms with Gasteiger partial charge in [-0.05, 0) is 69.3 Å². The summed E-state index contributed by atoms with van der Waals surface area (Å²) in [5.74, 6) is 0.598. The van der Waals surface area contributed by atoms with Gasteiger partial charge in [-0.3, -0.25) is 0 Å². The molecular formula is C19H26N2O. The Hall–Kier alpha value is -1.44. The largest absolute Gasteiger partial charge is 0.306 e. The molecule has 2 fully saturated rings. The van der Waals surface area contributed by atoms with E-state index < -0.39 is 0 Å². The van der Waals surface area contributed by atoms with Crippen molar-refractivity contribution in [3.05, 3.63) is 35.4 Å². The molecule has 2 aliphatic rings. The molecule has 1 aliphatic carbocycles. The van der Waals surface area contributed by atoms with Crippen molar-refractivity contribution in [2.24, 2.45) is 4.99 Å². The maximum absolute atomic E-state index is 11.0. The molecule has 0 N–H and O–H groups in total. The summed E-state index contributed by atoms with van der Waals surface area (Å²) in [5.41, 5.74) is 2.43. The van der Waals surface area contributed by atoms with Gasteiger partial charge in [-0.25, -0.2) is 4.79 Å². The quantitative estimate of drug-likeness (QED) is 0.624. The van der Waals surface area contributed by atoms with E-state index in [-0.39, 0.29) is 5.54 Å². The van der Waals surface area contributed by atoms with E-state index in [1.54, 1.807) is 0 Å². The molecule has 1 atom stereocenters. The summed E-state index contributed by atoms with van der Waals surface area (Å²) in [4.78, 5) is 17.8. The summed E-state index contributed by atoms with van der Waals surface area (Å²) in [7, 11) is 2.21. The van der Waals surface area contributed by atoms with Crippen LogP contribution >= 0.6 is 0 Å². The average molecular weight is 298 g/mol. The summed E-state index contributed by atoms with van der Waals surface area (Å²) >= 11 is 0. The third-order valence-corrected chi connectivity index (χ3v) is 5.54. The van der Waals surface area contributed by atoms with Gasteiger partial charge >= 0.3 is 0 Å². The molecule has 0 aromatic heterocycles. The summed E-state index contributed by atoms with van der Waals surface area (Å²) in [6.07, 6.45) is 9.86. The van der Waals surface area contributed by atoms with E-state index in [1.165, 1.54) is 36.9 Å². The zero-order valence-electron chi connectivity index (χ0n) is 13.6. The van der Waals surface area contributed by atoms with E-state index >= 15 is 0 Å². The highest BCUT2D eigenvalue weighted by molar-refractivity contribution is 5.43. The summed E-state index contributed by atoms with van der Waals surface area (Å²) in [6.45, 7) is 2.35. The molecule has 1 aromatic carbocycles. The van der Waals surface area contributed by atoms with Crippen molar-refractivity contribution in [1.82, 2.24) is 4.90 Å². The lowest BCUT2D eigenvalue weighted by atomic mass is 9.79. The first kappa shape index (κ1) is 15.5. The van der Waals surface area contributed by atoms with Gasteiger partial charge in [-0.15, -0.1) is 0 Å². The van der Waals surface area contributed by atoms with Crippen molar-refractivity contribution in [2.75, 3.05) is 20.1 Å². The molecule has 1 saturated carbocycles. The fourth-order valence-electron chi connectivity index (χ4n) is 4.32. The second-order valence-corrected chi connectivity index (χ2v) is 6.96. The molecule has 1 heterocycles. The highest BCUT2D eigenvalue weighted by Crippen LogP contribution is 2.45. The number of likely N-dealkylation sites (tertiary alicyclic amines) is 1. The minimum Gasteiger partial charge on any atom is -0.306 e. The van der Waals surface area contributed by atoms with Crippen molar-refractivity contribution in [2.45, 2.75) is 56.4 Å². The minimum absolute atomic E-state index is 0.295. The predicted molar refractivity (Wildman–Crippen MR) is 88.8 cm³/mol. The van der Waals surface area contributed by atoms with Gasteiger partial charge in [0, 0.05) is 0 Å². The van der Waals surface area contributed by atoms with E-state index in [1.807, 2.05) is 6.08 Å². The first-order valence-electron chi connectivity index (χ1n) is 8.62. The van der Waals surface area contributed by atoms with E-state index in [4.69, 9.17) is 0 Å². The second kappa shape index (κ2) is 6.76.